The summed E-state index contributed by atoms with van der Waals surface area (Å²) in [5.41, 5.74) is 2.99. The summed E-state index contributed by atoms with van der Waals surface area (Å²) < 4.78 is 6.93. The van der Waals surface area contributed by atoms with Gasteiger partial charge in [0, 0.05) is 5.39 Å². The van der Waals surface area contributed by atoms with Gasteiger partial charge in [-0.25, -0.2) is 9.36 Å². The minimum Gasteiger partial charge on any atom is -0.443 e. The van der Waals surface area contributed by atoms with Crippen LogP contribution in [0.4, 0.5) is 4.79 Å². The van der Waals surface area contributed by atoms with E-state index in [9.17, 15) is 9.90 Å². The number of aliphatic hydroxyl groups is 1. The molecule has 0 unspecified atom stereocenters. The topological polar surface area (TPSA) is 51.5 Å². The van der Waals surface area contributed by atoms with Gasteiger partial charge in [-0.15, -0.1) is 0 Å². The second-order valence-corrected chi connectivity index (χ2v) is 6.73. The van der Waals surface area contributed by atoms with Gasteiger partial charge in [0.05, 0.1) is 17.8 Å². The van der Waals surface area contributed by atoms with E-state index in [4.69, 9.17) is 4.74 Å². The first kappa shape index (κ1) is 17.3. The van der Waals surface area contributed by atoms with Crippen LogP contribution in [0.15, 0.2) is 29.8 Å². The largest absolute Gasteiger partial charge is 0.443 e. The van der Waals surface area contributed by atoms with Crippen LogP contribution in [0.2, 0.25) is 0 Å². The maximum atomic E-state index is 12.5. The van der Waals surface area contributed by atoms with Gasteiger partial charge in [0.25, 0.3) is 0 Å². The van der Waals surface area contributed by atoms with E-state index in [0.29, 0.717) is 5.69 Å². The summed E-state index contributed by atoms with van der Waals surface area (Å²) in [6.45, 7) is 9.45. The molecule has 0 fully saturated rings. The fourth-order valence-electron chi connectivity index (χ4n) is 2.44. The Morgan fingerprint density at radius 3 is 2.61 bits per heavy atom. The first-order chi connectivity index (χ1) is 10.8. The standard InChI is InChI=1S/C19H25NO3/c1-6-13(2)10-14-8-7-9-17-16(14)11-15(12-21)20(17)18(22)23-19(3,4)5/h7-11,21H,6,12H2,1-5H3/b13-10+. The Morgan fingerprint density at radius 2 is 2.04 bits per heavy atom. The van der Waals surface area contributed by atoms with Crippen molar-refractivity contribution in [2.45, 2.75) is 53.2 Å². The number of hydrogen-bond donors (Lipinski definition) is 1. The molecule has 0 aliphatic carbocycles. The molecule has 1 heterocycles. The quantitative estimate of drug-likeness (QED) is 0.891. The van der Waals surface area contributed by atoms with Crippen LogP contribution in [0.1, 0.15) is 52.3 Å². The van der Waals surface area contributed by atoms with Gasteiger partial charge in [-0.3, -0.25) is 0 Å². The molecule has 2 rings (SSSR count). The van der Waals surface area contributed by atoms with Crippen molar-refractivity contribution < 1.29 is 14.6 Å². The zero-order chi connectivity index (χ0) is 17.2. The van der Waals surface area contributed by atoms with E-state index in [1.54, 1.807) is 0 Å². The first-order valence-corrected chi connectivity index (χ1v) is 7.91. The number of carbonyl (C=O) groups excluding carboxylic acids is 1. The third-order valence-electron chi connectivity index (χ3n) is 3.65. The zero-order valence-electron chi connectivity index (χ0n) is 14.5. The molecule has 0 spiro atoms. The molecular weight excluding hydrogens is 290 g/mol. The van der Waals surface area contributed by atoms with Gasteiger partial charge in [-0.05, 0) is 51.8 Å². The summed E-state index contributed by atoms with van der Waals surface area (Å²) in [7, 11) is 0. The van der Waals surface area contributed by atoms with Gasteiger partial charge in [0.15, 0.2) is 0 Å². The van der Waals surface area contributed by atoms with Crippen molar-refractivity contribution in [3.8, 4) is 0 Å². The van der Waals surface area contributed by atoms with E-state index < -0.39 is 11.7 Å². The normalized spacial score (nSPS) is 12.7. The molecule has 1 aromatic carbocycles. The lowest BCUT2D eigenvalue weighted by molar-refractivity contribution is 0.0533. The van der Waals surface area contributed by atoms with Crippen molar-refractivity contribution in [2.24, 2.45) is 0 Å². The van der Waals surface area contributed by atoms with Gasteiger partial charge >= 0.3 is 6.09 Å². The van der Waals surface area contributed by atoms with E-state index in [2.05, 4.69) is 19.9 Å². The monoisotopic (exact) mass is 315 g/mol. The third-order valence-corrected chi connectivity index (χ3v) is 3.65. The minimum atomic E-state index is -0.587. The number of carbonyl (C=O) groups is 1. The first-order valence-electron chi connectivity index (χ1n) is 7.91. The number of rotatable bonds is 3. The Labute approximate surface area is 137 Å². The molecule has 1 aromatic heterocycles. The fraction of sp³-hybridized carbons (Fsp3) is 0.421. The van der Waals surface area contributed by atoms with Gasteiger partial charge in [0.1, 0.15) is 5.60 Å². The van der Waals surface area contributed by atoms with E-state index in [1.807, 2.05) is 45.0 Å². The van der Waals surface area contributed by atoms with Crippen LogP contribution < -0.4 is 0 Å². The molecule has 124 valence electrons. The molecule has 0 amide bonds. The maximum absolute atomic E-state index is 12.5. The van der Waals surface area contributed by atoms with Crippen LogP contribution >= 0.6 is 0 Å². The van der Waals surface area contributed by atoms with Crippen LogP contribution in [-0.4, -0.2) is 21.4 Å². The predicted octanol–water partition coefficient (Wildman–Crippen LogP) is 4.73. The Morgan fingerprint density at radius 1 is 1.35 bits per heavy atom. The van der Waals surface area contributed by atoms with E-state index in [1.165, 1.54) is 10.1 Å². The van der Waals surface area contributed by atoms with E-state index in [0.717, 1.165) is 22.9 Å². The SMILES string of the molecule is CC/C(C)=C/c1cccc2c1cc(CO)n2C(=O)OC(C)(C)C. The molecule has 0 radical (unpaired) electrons. The van der Waals surface area contributed by atoms with Crippen molar-refractivity contribution in [1.29, 1.82) is 0 Å². The van der Waals surface area contributed by atoms with E-state index >= 15 is 0 Å². The van der Waals surface area contributed by atoms with Crippen LogP contribution in [-0.2, 0) is 11.3 Å². The Bertz CT molecular complexity index is 748. The molecule has 4 heteroatoms. The van der Waals surface area contributed by atoms with Crippen LogP contribution in [0.3, 0.4) is 0 Å². The average molecular weight is 315 g/mol. The molecule has 0 saturated carbocycles. The lowest BCUT2D eigenvalue weighted by Crippen LogP contribution is -2.28. The lowest BCUT2D eigenvalue weighted by Gasteiger charge is -2.20. The third kappa shape index (κ3) is 3.82. The zero-order valence-corrected chi connectivity index (χ0v) is 14.5. The summed E-state index contributed by atoms with van der Waals surface area (Å²) in [6, 6.07) is 7.66. The second kappa shape index (κ2) is 6.59. The molecule has 0 saturated heterocycles. The van der Waals surface area contributed by atoms with Crippen LogP contribution in [0, 0.1) is 0 Å². The molecule has 23 heavy (non-hydrogen) atoms. The van der Waals surface area contributed by atoms with Crippen molar-refractivity contribution in [2.75, 3.05) is 0 Å². The summed E-state index contributed by atoms with van der Waals surface area (Å²) in [6.07, 6.45) is 2.61. The number of benzene rings is 1. The Hall–Kier alpha value is -2.07. The summed E-state index contributed by atoms with van der Waals surface area (Å²) in [4.78, 5) is 12.5. The van der Waals surface area contributed by atoms with E-state index in [-0.39, 0.29) is 6.61 Å². The molecule has 4 nitrogen and oxygen atoms in total. The number of ether oxygens (including phenoxy) is 1. The van der Waals surface area contributed by atoms with Gasteiger partial charge in [-0.1, -0.05) is 30.7 Å². The Balaban J connectivity index is 2.62. The number of allylic oxidation sites excluding steroid dienone is 1. The number of nitrogens with zero attached hydrogens (tertiary/aromatic N) is 1. The highest BCUT2D eigenvalue weighted by Gasteiger charge is 2.22. The van der Waals surface area contributed by atoms with Crippen molar-refractivity contribution in [3.05, 3.63) is 41.1 Å². The van der Waals surface area contributed by atoms with Crippen molar-refractivity contribution >= 4 is 23.1 Å². The second-order valence-electron chi connectivity index (χ2n) is 6.73. The summed E-state index contributed by atoms with van der Waals surface area (Å²) in [5.74, 6) is 0. The fourth-order valence-corrected chi connectivity index (χ4v) is 2.44. The lowest BCUT2D eigenvalue weighted by atomic mass is 10.1. The Kier molecular flexibility index (Phi) is 4.95. The number of aliphatic hydroxyl groups excluding tert-OH is 1. The molecule has 0 bridgehead atoms. The number of aromatic nitrogens is 1. The highest BCUT2D eigenvalue weighted by Crippen LogP contribution is 2.27. The van der Waals surface area contributed by atoms with Gasteiger partial charge < -0.3 is 9.84 Å². The van der Waals surface area contributed by atoms with Crippen LogP contribution in [0.5, 0.6) is 0 Å². The maximum Gasteiger partial charge on any atom is 0.419 e. The minimum absolute atomic E-state index is 0.218. The summed E-state index contributed by atoms with van der Waals surface area (Å²) >= 11 is 0. The molecule has 0 aliphatic rings. The van der Waals surface area contributed by atoms with Crippen molar-refractivity contribution in [1.82, 2.24) is 4.57 Å². The smallest absolute Gasteiger partial charge is 0.419 e. The molecule has 1 N–H and O–H groups in total. The number of fused-ring (bicyclic) bond motifs is 1. The molecular formula is C19H25NO3. The highest BCUT2D eigenvalue weighted by atomic mass is 16.6. The molecule has 2 aromatic rings. The number of hydrogen-bond acceptors (Lipinski definition) is 3. The summed E-state index contributed by atoms with van der Waals surface area (Å²) in [5, 5.41) is 10.6. The van der Waals surface area contributed by atoms with Crippen molar-refractivity contribution in [3.63, 3.8) is 0 Å². The predicted molar refractivity (Wildman–Crippen MR) is 93.4 cm³/mol. The average Bonchev–Trinajstić information content (AvgIpc) is 2.85. The van der Waals surface area contributed by atoms with Gasteiger partial charge in [0.2, 0.25) is 0 Å². The molecule has 0 atom stereocenters. The highest BCUT2D eigenvalue weighted by molar-refractivity contribution is 5.96. The van der Waals surface area contributed by atoms with Crippen LogP contribution in [0.25, 0.3) is 17.0 Å². The van der Waals surface area contributed by atoms with Gasteiger partial charge in [-0.2, -0.15) is 0 Å². The molecule has 0 aliphatic heterocycles.